The number of esters is 1. The lowest BCUT2D eigenvalue weighted by atomic mass is 10.2. The van der Waals surface area contributed by atoms with Gasteiger partial charge in [0.05, 0.1) is 11.7 Å². The van der Waals surface area contributed by atoms with Crippen LogP contribution in [-0.2, 0) is 20.9 Å². The van der Waals surface area contributed by atoms with Gasteiger partial charge < -0.3 is 9.64 Å². The zero-order valence-electron chi connectivity index (χ0n) is 16.0. The molecule has 1 atom stereocenters. The number of rotatable bonds is 4. The number of aryl methyl sites for hydroxylation is 2. The number of thiophene rings is 1. The summed E-state index contributed by atoms with van der Waals surface area (Å²) in [5.41, 5.74) is 0.630. The van der Waals surface area contributed by atoms with Gasteiger partial charge in [0.25, 0.3) is 11.5 Å². The van der Waals surface area contributed by atoms with Crippen molar-refractivity contribution in [2.24, 2.45) is 0 Å². The molecule has 3 heterocycles. The van der Waals surface area contributed by atoms with E-state index in [0.717, 1.165) is 36.1 Å². The zero-order chi connectivity index (χ0) is 19.6. The highest BCUT2D eigenvalue weighted by atomic mass is 32.1. The topological polar surface area (TPSA) is 81.5 Å². The van der Waals surface area contributed by atoms with Gasteiger partial charge in [0.1, 0.15) is 11.4 Å². The van der Waals surface area contributed by atoms with Gasteiger partial charge in [0, 0.05) is 18.0 Å². The minimum atomic E-state index is -0.854. The first kappa shape index (κ1) is 19.5. The highest BCUT2D eigenvalue weighted by Crippen LogP contribution is 2.25. The number of carbonyl (C=O) groups excluding carboxylic acids is 2. The molecule has 1 fully saturated rings. The quantitative estimate of drug-likeness (QED) is 0.748. The molecule has 7 nitrogen and oxygen atoms in total. The van der Waals surface area contributed by atoms with Crippen molar-refractivity contribution >= 4 is 33.4 Å². The van der Waals surface area contributed by atoms with Crippen molar-refractivity contribution in [2.45, 2.75) is 59.1 Å². The standard InChI is InChI=1S/C19H25N3O4S/c1-12-14(3)27-17-16(12)19(25)22(11-20-17)10-15(23)26-13(2)18(24)21-8-6-4-5-7-9-21/h11,13H,4-10H2,1-3H3/t13-/m1/s1. The number of aromatic nitrogens is 2. The largest absolute Gasteiger partial charge is 0.451 e. The van der Waals surface area contributed by atoms with Crippen molar-refractivity contribution in [3.63, 3.8) is 0 Å². The van der Waals surface area contributed by atoms with E-state index in [0.29, 0.717) is 23.3 Å². The van der Waals surface area contributed by atoms with Crippen LogP contribution in [0.1, 0.15) is 43.0 Å². The molecule has 3 rings (SSSR count). The van der Waals surface area contributed by atoms with Crippen LogP contribution in [0.25, 0.3) is 10.2 Å². The molecular formula is C19H25N3O4S. The number of likely N-dealkylation sites (tertiary alicyclic amines) is 1. The highest BCUT2D eigenvalue weighted by Gasteiger charge is 2.25. The normalized spacial score (nSPS) is 16.2. The van der Waals surface area contributed by atoms with Crippen LogP contribution in [-0.4, -0.2) is 45.5 Å². The average Bonchev–Trinajstić information content (AvgIpc) is 2.82. The van der Waals surface area contributed by atoms with Gasteiger partial charge in [-0.1, -0.05) is 12.8 Å². The smallest absolute Gasteiger partial charge is 0.326 e. The second-order valence-corrected chi connectivity index (χ2v) is 8.22. The maximum Gasteiger partial charge on any atom is 0.326 e. The van der Waals surface area contributed by atoms with Gasteiger partial charge in [0.2, 0.25) is 0 Å². The number of ether oxygens (including phenoxy) is 1. The third-order valence-corrected chi connectivity index (χ3v) is 6.14. The minimum Gasteiger partial charge on any atom is -0.451 e. The van der Waals surface area contributed by atoms with E-state index in [4.69, 9.17) is 4.74 Å². The van der Waals surface area contributed by atoms with Crippen molar-refractivity contribution in [2.75, 3.05) is 13.1 Å². The van der Waals surface area contributed by atoms with Gasteiger partial charge in [-0.25, -0.2) is 4.98 Å². The summed E-state index contributed by atoms with van der Waals surface area (Å²) in [6, 6.07) is 0. The Kier molecular flexibility index (Phi) is 5.94. The van der Waals surface area contributed by atoms with E-state index in [1.165, 1.54) is 22.2 Å². The third-order valence-electron chi connectivity index (χ3n) is 5.03. The summed E-state index contributed by atoms with van der Waals surface area (Å²) < 4.78 is 6.54. The maximum absolute atomic E-state index is 12.6. The molecule has 2 aromatic rings. The Bertz CT molecular complexity index is 910. The fourth-order valence-corrected chi connectivity index (χ4v) is 4.34. The molecule has 1 amide bonds. The molecule has 0 spiro atoms. The fraction of sp³-hybridized carbons (Fsp3) is 0.579. The Morgan fingerprint density at radius 2 is 1.89 bits per heavy atom. The van der Waals surface area contributed by atoms with Gasteiger partial charge in [-0.2, -0.15) is 0 Å². The molecule has 0 N–H and O–H groups in total. The van der Waals surface area contributed by atoms with E-state index in [9.17, 15) is 14.4 Å². The summed E-state index contributed by atoms with van der Waals surface area (Å²) in [7, 11) is 0. The molecule has 146 valence electrons. The van der Waals surface area contributed by atoms with Gasteiger partial charge in [-0.05, 0) is 39.2 Å². The molecular weight excluding hydrogens is 366 g/mol. The second kappa shape index (κ2) is 8.21. The van der Waals surface area contributed by atoms with Crippen molar-refractivity contribution in [1.82, 2.24) is 14.5 Å². The van der Waals surface area contributed by atoms with Crippen LogP contribution in [0, 0.1) is 13.8 Å². The van der Waals surface area contributed by atoms with E-state index >= 15 is 0 Å². The molecule has 27 heavy (non-hydrogen) atoms. The molecule has 2 aromatic heterocycles. The summed E-state index contributed by atoms with van der Waals surface area (Å²) in [4.78, 5) is 45.2. The summed E-state index contributed by atoms with van der Waals surface area (Å²) in [6.45, 7) is 6.56. The number of amides is 1. The first-order chi connectivity index (χ1) is 12.9. The lowest BCUT2D eigenvalue weighted by Crippen LogP contribution is -2.41. The van der Waals surface area contributed by atoms with Crippen LogP contribution in [0.5, 0.6) is 0 Å². The van der Waals surface area contributed by atoms with Crippen LogP contribution in [0.15, 0.2) is 11.1 Å². The first-order valence-electron chi connectivity index (χ1n) is 9.32. The fourth-order valence-electron chi connectivity index (χ4n) is 3.35. The average molecular weight is 391 g/mol. The summed E-state index contributed by atoms with van der Waals surface area (Å²) in [5.74, 6) is -0.783. The van der Waals surface area contributed by atoms with Crippen LogP contribution < -0.4 is 5.56 Å². The number of carbonyl (C=O) groups is 2. The van der Waals surface area contributed by atoms with Crippen LogP contribution in [0.4, 0.5) is 0 Å². The molecule has 1 aliphatic heterocycles. The van der Waals surface area contributed by atoms with Gasteiger partial charge in [-0.15, -0.1) is 11.3 Å². The molecule has 0 aliphatic carbocycles. The zero-order valence-corrected chi connectivity index (χ0v) is 16.8. The molecule has 0 bridgehead atoms. The number of nitrogens with zero attached hydrogens (tertiary/aromatic N) is 3. The lowest BCUT2D eigenvalue weighted by Gasteiger charge is -2.24. The molecule has 1 aliphatic rings. The summed E-state index contributed by atoms with van der Waals surface area (Å²) in [5, 5.41) is 0.543. The van der Waals surface area contributed by atoms with E-state index in [1.54, 1.807) is 11.8 Å². The first-order valence-corrected chi connectivity index (χ1v) is 10.1. The number of hydrogen-bond donors (Lipinski definition) is 0. The Balaban J connectivity index is 1.67. The molecule has 8 heteroatoms. The monoisotopic (exact) mass is 391 g/mol. The van der Waals surface area contributed by atoms with Crippen LogP contribution in [0.2, 0.25) is 0 Å². The lowest BCUT2D eigenvalue weighted by molar-refractivity contribution is -0.159. The van der Waals surface area contributed by atoms with Crippen molar-refractivity contribution in [3.05, 3.63) is 27.1 Å². The number of hydrogen-bond acceptors (Lipinski definition) is 6. The second-order valence-electron chi connectivity index (χ2n) is 7.01. The molecule has 1 saturated heterocycles. The van der Waals surface area contributed by atoms with E-state index in [1.807, 2.05) is 13.8 Å². The van der Waals surface area contributed by atoms with Crippen molar-refractivity contribution in [1.29, 1.82) is 0 Å². The Morgan fingerprint density at radius 1 is 1.22 bits per heavy atom. The maximum atomic E-state index is 12.6. The van der Waals surface area contributed by atoms with Crippen molar-refractivity contribution < 1.29 is 14.3 Å². The number of fused-ring (bicyclic) bond motifs is 1. The molecule has 0 unspecified atom stereocenters. The molecule has 0 aromatic carbocycles. The van der Waals surface area contributed by atoms with Gasteiger partial charge in [0.15, 0.2) is 6.10 Å². The van der Waals surface area contributed by atoms with E-state index < -0.39 is 12.1 Å². The Morgan fingerprint density at radius 3 is 2.56 bits per heavy atom. The van der Waals surface area contributed by atoms with E-state index in [2.05, 4.69) is 4.98 Å². The predicted octanol–water partition coefficient (Wildman–Crippen LogP) is 2.41. The van der Waals surface area contributed by atoms with Gasteiger partial charge >= 0.3 is 5.97 Å². The molecule has 0 radical (unpaired) electrons. The van der Waals surface area contributed by atoms with E-state index in [-0.39, 0.29) is 18.0 Å². The Hall–Kier alpha value is -2.22. The highest BCUT2D eigenvalue weighted by molar-refractivity contribution is 7.18. The Labute approximate surface area is 161 Å². The van der Waals surface area contributed by atoms with Crippen LogP contribution in [0.3, 0.4) is 0 Å². The predicted molar refractivity (Wildman–Crippen MR) is 104 cm³/mol. The van der Waals surface area contributed by atoms with Crippen molar-refractivity contribution in [3.8, 4) is 0 Å². The van der Waals surface area contributed by atoms with Crippen LogP contribution >= 0.6 is 11.3 Å². The summed E-state index contributed by atoms with van der Waals surface area (Å²) >= 11 is 1.46. The SMILES string of the molecule is Cc1sc2ncn(CC(=O)O[C@H](C)C(=O)N3CCCCCC3)c(=O)c2c1C. The van der Waals surface area contributed by atoms with Gasteiger partial charge in [-0.3, -0.25) is 19.0 Å². The third kappa shape index (κ3) is 4.21. The summed E-state index contributed by atoms with van der Waals surface area (Å²) in [6.07, 6.45) is 4.71. The molecule has 0 saturated carbocycles. The minimum absolute atomic E-state index is 0.171.